The van der Waals surface area contributed by atoms with Crippen molar-refractivity contribution in [2.24, 2.45) is 33.0 Å². The van der Waals surface area contributed by atoms with E-state index in [0.29, 0.717) is 30.4 Å². The van der Waals surface area contributed by atoms with Crippen LogP contribution in [0.2, 0.25) is 0 Å². The van der Waals surface area contributed by atoms with E-state index in [4.69, 9.17) is 0 Å². The van der Waals surface area contributed by atoms with E-state index in [1.807, 2.05) is 0 Å². The summed E-state index contributed by atoms with van der Waals surface area (Å²) in [4.78, 5) is 80.9. The number of rotatable bonds is 14. The standard InChI is InChI=1S/C45H57F9O6/c1-5-38(3,6-2)33(56)22-37(60)41(44(49,50)51)18-13-27-10-11-29(20-30(27)25-41)32(55)21-35(58)42(45(52,53)54)19-14-28-12-17-39(4,24-31(28)26-42)34(57)23-36(59)40(43(46,47)48)15-8-7-9-16-40/h29H,5-26H2,1-4H3. The van der Waals surface area contributed by atoms with E-state index < -0.39 is 144 Å². The number of halogens is 9. The maximum Gasteiger partial charge on any atom is 0.401 e. The maximum atomic E-state index is 15.1. The van der Waals surface area contributed by atoms with Gasteiger partial charge < -0.3 is 0 Å². The lowest BCUT2D eigenvalue weighted by Gasteiger charge is -2.45. The number of carbonyl (C=O) groups is 6. The second-order valence-corrected chi connectivity index (χ2v) is 19.1. The highest BCUT2D eigenvalue weighted by atomic mass is 19.4. The molecule has 1 fully saturated rings. The quantitative estimate of drug-likeness (QED) is 0.0979. The molecule has 15 heteroatoms. The molecular formula is C45H57F9O6. The molecule has 0 aromatic heterocycles. The molecule has 0 N–H and O–H groups in total. The number of Topliss-reactive ketones (excluding diaryl/α,β-unsaturated/α-hetero) is 6. The monoisotopic (exact) mass is 864 g/mol. The van der Waals surface area contributed by atoms with Crippen molar-refractivity contribution in [3.63, 3.8) is 0 Å². The molecule has 5 rings (SSSR count). The minimum absolute atomic E-state index is 0.0964. The molecule has 0 saturated heterocycles. The lowest BCUT2D eigenvalue weighted by Crippen LogP contribution is -2.50. The van der Waals surface area contributed by atoms with E-state index in [9.17, 15) is 55.1 Å². The highest BCUT2D eigenvalue weighted by Crippen LogP contribution is 2.59. The van der Waals surface area contributed by atoms with Gasteiger partial charge in [0.2, 0.25) is 0 Å². The van der Waals surface area contributed by atoms with Crippen LogP contribution in [0.5, 0.6) is 0 Å². The Bertz CT molecular complexity index is 1820. The van der Waals surface area contributed by atoms with Gasteiger partial charge in [-0.05, 0) is 103 Å². The largest absolute Gasteiger partial charge is 0.401 e. The van der Waals surface area contributed by atoms with Crippen molar-refractivity contribution in [3.05, 3.63) is 22.3 Å². The fraction of sp³-hybridized carbons (Fsp3) is 0.778. The van der Waals surface area contributed by atoms with Crippen LogP contribution in [0.25, 0.3) is 0 Å². The zero-order chi connectivity index (χ0) is 44.9. The first kappa shape index (κ1) is 47.9. The Morgan fingerprint density at radius 2 is 1.00 bits per heavy atom. The van der Waals surface area contributed by atoms with Crippen LogP contribution in [0.15, 0.2) is 22.3 Å². The van der Waals surface area contributed by atoms with Crippen molar-refractivity contribution in [2.45, 2.75) is 187 Å². The summed E-state index contributed by atoms with van der Waals surface area (Å²) in [6.45, 7) is 6.45. The molecule has 4 atom stereocenters. The molecule has 336 valence electrons. The Hall–Kier alpha value is -3.13. The molecule has 5 aliphatic rings. The van der Waals surface area contributed by atoms with E-state index in [-0.39, 0.29) is 75.4 Å². The van der Waals surface area contributed by atoms with Gasteiger partial charge in [0, 0.05) is 16.7 Å². The average Bonchev–Trinajstić information content (AvgIpc) is 3.18. The molecule has 0 bridgehead atoms. The number of hydrogen-bond donors (Lipinski definition) is 0. The fourth-order valence-electron chi connectivity index (χ4n) is 10.8. The summed E-state index contributed by atoms with van der Waals surface area (Å²) < 4.78 is 133. The third kappa shape index (κ3) is 8.63. The summed E-state index contributed by atoms with van der Waals surface area (Å²) in [5.74, 6) is -7.20. The summed E-state index contributed by atoms with van der Waals surface area (Å²) in [7, 11) is 0. The lowest BCUT2D eigenvalue weighted by atomic mass is 9.59. The highest BCUT2D eigenvalue weighted by Gasteiger charge is 2.64. The van der Waals surface area contributed by atoms with Crippen LogP contribution >= 0.6 is 0 Å². The van der Waals surface area contributed by atoms with Gasteiger partial charge in [-0.3, -0.25) is 28.8 Å². The van der Waals surface area contributed by atoms with E-state index in [1.165, 1.54) is 6.92 Å². The molecule has 0 aromatic rings. The third-order valence-electron chi connectivity index (χ3n) is 15.9. The number of alkyl halides is 9. The lowest BCUT2D eigenvalue weighted by molar-refractivity contribution is -0.229. The van der Waals surface area contributed by atoms with Crippen LogP contribution in [0.3, 0.4) is 0 Å². The van der Waals surface area contributed by atoms with Crippen LogP contribution in [0.1, 0.15) is 169 Å². The van der Waals surface area contributed by atoms with Crippen molar-refractivity contribution in [3.8, 4) is 0 Å². The first-order chi connectivity index (χ1) is 27.6. The Balaban J connectivity index is 1.30. The SMILES string of the molecule is CCC(C)(CC)C(=O)CC(=O)C1(C(F)(F)F)CCC2=C(CC(C(=O)CC(=O)C3(C(F)(F)F)CCC4=C(CC(C)(C(=O)CC(=O)C5(C(F)(F)F)CCCCC5)CC4)C3)CC2)C1. The number of hydrogen-bond acceptors (Lipinski definition) is 6. The Kier molecular flexibility index (Phi) is 13.5. The molecule has 0 aromatic carbocycles. The van der Waals surface area contributed by atoms with Crippen LogP contribution in [-0.4, -0.2) is 53.2 Å². The van der Waals surface area contributed by atoms with Gasteiger partial charge in [-0.25, -0.2) is 0 Å². The van der Waals surface area contributed by atoms with Gasteiger partial charge in [-0.2, -0.15) is 39.5 Å². The van der Waals surface area contributed by atoms with Gasteiger partial charge >= 0.3 is 18.5 Å². The molecule has 0 heterocycles. The predicted molar refractivity (Wildman–Crippen MR) is 202 cm³/mol. The van der Waals surface area contributed by atoms with Crippen molar-refractivity contribution in [1.82, 2.24) is 0 Å². The molecule has 60 heavy (non-hydrogen) atoms. The maximum absolute atomic E-state index is 15.1. The van der Waals surface area contributed by atoms with Crippen LogP contribution < -0.4 is 0 Å². The molecule has 0 aliphatic heterocycles. The molecule has 0 spiro atoms. The number of ketones is 6. The topological polar surface area (TPSA) is 102 Å². The van der Waals surface area contributed by atoms with Gasteiger partial charge in [0.25, 0.3) is 0 Å². The van der Waals surface area contributed by atoms with Crippen LogP contribution in [0, 0.1) is 33.0 Å². The molecule has 1 saturated carbocycles. The summed E-state index contributed by atoms with van der Waals surface area (Å²) >= 11 is 0. The number of carbonyl (C=O) groups excluding carboxylic acids is 6. The van der Waals surface area contributed by atoms with Gasteiger partial charge in [-0.1, -0.05) is 69.2 Å². The second-order valence-electron chi connectivity index (χ2n) is 19.1. The predicted octanol–water partition coefficient (Wildman–Crippen LogP) is 12.0. The summed E-state index contributed by atoms with van der Waals surface area (Å²) in [5.41, 5.74) is -9.35. The van der Waals surface area contributed by atoms with Crippen LogP contribution in [-0.2, 0) is 28.8 Å². The molecule has 5 aliphatic carbocycles. The van der Waals surface area contributed by atoms with Gasteiger partial charge in [-0.15, -0.1) is 0 Å². The minimum atomic E-state index is -5.14. The summed E-state index contributed by atoms with van der Waals surface area (Å²) in [6.07, 6.45) is -20.5. The van der Waals surface area contributed by atoms with Crippen molar-refractivity contribution < 1.29 is 68.3 Å². The normalized spacial score (nSPS) is 29.1. The Morgan fingerprint density at radius 1 is 0.533 bits per heavy atom. The van der Waals surface area contributed by atoms with Crippen molar-refractivity contribution in [1.29, 1.82) is 0 Å². The highest BCUT2D eigenvalue weighted by molar-refractivity contribution is 6.06. The van der Waals surface area contributed by atoms with Crippen molar-refractivity contribution in [2.75, 3.05) is 0 Å². The zero-order valence-corrected chi connectivity index (χ0v) is 35.0. The van der Waals surface area contributed by atoms with Crippen LogP contribution in [0.4, 0.5) is 39.5 Å². The second kappa shape index (κ2) is 16.9. The minimum Gasteiger partial charge on any atom is -0.299 e. The van der Waals surface area contributed by atoms with Crippen molar-refractivity contribution >= 4 is 34.7 Å². The molecule has 0 amide bonds. The summed E-state index contributed by atoms with van der Waals surface area (Å²) in [6, 6.07) is 0. The average molecular weight is 865 g/mol. The van der Waals surface area contributed by atoms with E-state index >= 15 is 13.2 Å². The third-order valence-corrected chi connectivity index (χ3v) is 15.9. The zero-order valence-electron chi connectivity index (χ0n) is 35.0. The molecule has 4 unspecified atom stereocenters. The fourth-order valence-corrected chi connectivity index (χ4v) is 10.8. The molecular weight excluding hydrogens is 807 g/mol. The Morgan fingerprint density at radius 3 is 1.52 bits per heavy atom. The first-order valence-electron chi connectivity index (χ1n) is 21.4. The van der Waals surface area contributed by atoms with Gasteiger partial charge in [0.1, 0.15) is 33.6 Å². The first-order valence-corrected chi connectivity index (χ1v) is 21.4. The van der Waals surface area contributed by atoms with E-state index in [2.05, 4.69) is 0 Å². The molecule has 6 nitrogen and oxygen atoms in total. The summed E-state index contributed by atoms with van der Waals surface area (Å²) in [5, 5.41) is 0. The van der Waals surface area contributed by atoms with Gasteiger partial charge in [0.15, 0.2) is 17.3 Å². The van der Waals surface area contributed by atoms with E-state index in [1.54, 1.807) is 20.8 Å². The number of allylic oxidation sites excluding steroid dienone is 4. The smallest absolute Gasteiger partial charge is 0.299 e. The Labute approximate surface area is 345 Å². The van der Waals surface area contributed by atoms with Gasteiger partial charge in [0.05, 0.1) is 19.3 Å². The molecule has 0 radical (unpaired) electrons. The van der Waals surface area contributed by atoms with E-state index in [0.717, 1.165) is 0 Å².